The van der Waals surface area contributed by atoms with Crippen LogP contribution in [0.25, 0.3) is 0 Å². The van der Waals surface area contributed by atoms with E-state index in [1.807, 2.05) is 0 Å². The number of piperidine rings is 1. The molecule has 104 valence electrons. The molecule has 0 unspecified atom stereocenters. The van der Waals surface area contributed by atoms with Crippen LogP contribution in [0.3, 0.4) is 0 Å². The lowest BCUT2D eigenvalue weighted by molar-refractivity contribution is -0.116. The van der Waals surface area contributed by atoms with Crippen molar-refractivity contribution < 1.29 is 9.53 Å². The van der Waals surface area contributed by atoms with Gasteiger partial charge in [0.05, 0.1) is 6.61 Å². The third-order valence-electron chi connectivity index (χ3n) is 3.20. The molecule has 0 saturated carbocycles. The lowest BCUT2D eigenvalue weighted by Crippen LogP contribution is -2.32. The highest BCUT2D eigenvalue weighted by atomic mass is 16.5. The van der Waals surface area contributed by atoms with Gasteiger partial charge in [-0.1, -0.05) is 13.0 Å². The number of unbranched alkanes of at least 4 members (excludes halogenated alkanes) is 1. The van der Waals surface area contributed by atoms with Crippen LogP contribution in [0.15, 0.2) is 12.7 Å². The van der Waals surface area contributed by atoms with E-state index in [4.69, 9.17) is 4.74 Å². The first-order chi connectivity index (χ1) is 8.83. The van der Waals surface area contributed by atoms with Crippen LogP contribution in [0.2, 0.25) is 0 Å². The van der Waals surface area contributed by atoms with E-state index in [1.54, 1.807) is 0 Å². The van der Waals surface area contributed by atoms with Crippen LogP contribution < -0.4 is 5.32 Å². The Kier molecular flexibility index (Phi) is 8.51. The Hall–Kier alpha value is -0.870. The van der Waals surface area contributed by atoms with Crippen LogP contribution in [-0.2, 0) is 9.53 Å². The number of carbonyl (C=O) groups excluding carboxylic acids is 1. The average Bonchev–Trinajstić information content (AvgIpc) is 2.42. The number of ether oxygens (including phenoxy) is 1. The van der Waals surface area contributed by atoms with Crippen LogP contribution in [-0.4, -0.2) is 50.2 Å². The zero-order chi connectivity index (χ0) is 13.1. The first-order valence-corrected chi connectivity index (χ1v) is 7.03. The van der Waals surface area contributed by atoms with Crippen molar-refractivity contribution in [3.8, 4) is 0 Å². The van der Waals surface area contributed by atoms with Crippen LogP contribution in [0.1, 0.15) is 32.1 Å². The van der Waals surface area contributed by atoms with Crippen molar-refractivity contribution in [1.82, 2.24) is 10.2 Å². The molecule has 4 heteroatoms. The van der Waals surface area contributed by atoms with Gasteiger partial charge in [-0.3, -0.25) is 4.79 Å². The highest BCUT2D eigenvalue weighted by Crippen LogP contribution is 2.07. The minimum absolute atomic E-state index is 0.0963. The summed E-state index contributed by atoms with van der Waals surface area (Å²) in [5.41, 5.74) is 0. The minimum Gasteiger partial charge on any atom is -0.380 e. The SMILES string of the molecule is C=CC(=O)NCCCCOCCN1CCCCC1. The van der Waals surface area contributed by atoms with Crippen molar-refractivity contribution >= 4 is 5.91 Å². The average molecular weight is 254 g/mol. The standard InChI is InChI=1S/C14H26N2O2/c1-2-14(17)15-8-4-7-12-18-13-11-16-9-5-3-6-10-16/h2H,1,3-13H2,(H,15,17). The summed E-state index contributed by atoms with van der Waals surface area (Å²) in [6, 6.07) is 0. The number of amides is 1. The van der Waals surface area contributed by atoms with Gasteiger partial charge < -0.3 is 15.0 Å². The molecule has 0 aromatic rings. The zero-order valence-electron chi connectivity index (χ0n) is 11.3. The highest BCUT2D eigenvalue weighted by molar-refractivity contribution is 5.86. The fraction of sp³-hybridized carbons (Fsp3) is 0.786. The van der Waals surface area contributed by atoms with Gasteiger partial charge in [-0.2, -0.15) is 0 Å². The quantitative estimate of drug-likeness (QED) is 0.501. The van der Waals surface area contributed by atoms with Gasteiger partial charge in [0, 0.05) is 19.7 Å². The second kappa shape index (κ2) is 10.1. The smallest absolute Gasteiger partial charge is 0.243 e. The molecular formula is C14H26N2O2. The van der Waals surface area contributed by atoms with Gasteiger partial charge in [-0.05, 0) is 44.8 Å². The normalized spacial score (nSPS) is 16.4. The highest BCUT2D eigenvalue weighted by Gasteiger charge is 2.08. The largest absolute Gasteiger partial charge is 0.380 e. The number of nitrogens with zero attached hydrogens (tertiary/aromatic N) is 1. The minimum atomic E-state index is -0.0963. The Morgan fingerprint density at radius 1 is 1.22 bits per heavy atom. The summed E-state index contributed by atoms with van der Waals surface area (Å²) in [4.78, 5) is 13.3. The van der Waals surface area contributed by atoms with Gasteiger partial charge in [0.1, 0.15) is 0 Å². The molecule has 1 heterocycles. The molecule has 0 atom stereocenters. The molecule has 1 amide bonds. The zero-order valence-corrected chi connectivity index (χ0v) is 11.3. The van der Waals surface area contributed by atoms with E-state index in [1.165, 1.54) is 38.4 Å². The fourth-order valence-electron chi connectivity index (χ4n) is 2.09. The molecular weight excluding hydrogens is 228 g/mol. The van der Waals surface area contributed by atoms with E-state index in [9.17, 15) is 4.79 Å². The second-order valence-corrected chi connectivity index (χ2v) is 4.72. The predicted octanol–water partition coefficient (Wildman–Crippen LogP) is 1.57. The first kappa shape index (κ1) is 15.2. The summed E-state index contributed by atoms with van der Waals surface area (Å²) < 4.78 is 5.60. The first-order valence-electron chi connectivity index (χ1n) is 7.03. The molecule has 0 aliphatic carbocycles. The maximum Gasteiger partial charge on any atom is 0.243 e. The molecule has 0 spiro atoms. The van der Waals surface area contributed by atoms with Gasteiger partial charge in [0.25, 0.3) is 0 Å². The van der Waals surface area contributed by atoms with Crippen molar-refractivity contribution in [3.63, 3.8) is 0 Å². The number of carbonyl (C=O) groups is 1. The molecule has 0 bridgehead atoms. The Bertz CT molecular complexity index is 238. The van der Waals surface area contributed by atoms with Gasteiger partial charge in [-0.15, -0.1) is 0 Å². The fourth-order valence-corrected chi connectivity index (χ4v) is 2.09. The second-order valence-electron chi connectivity index (χ2n) is 4.72. The third kappa shape index (κ3) is 7.45. The topological polar surface area (TPSA) is 41.6 Å². The number of rotatable bonds is 9. The lowest BCUT2D eigenvalue weighted by atomic mass is 10.1. The van der Waals surface area contributed by atoms with Crippen molar-refractivity contribution in [2.75, 3.05) is 39.4 Å². The van der Waals surface area contributed by atoms with E-state index in [0.717, 1.165) is 32.6 Å². The van der Waals surface area contributed by atoms with Crippen molar-refractivity contribution in [2.24, 2.45) is 0 Å². The van der Waals surface area contributed by atoms with Crippen LogP contribution in [0.5, 0.6) is 0 Å². The molecule has 1 aliphatic heterocycles. The van der Waals surface area contributed by atoms with Crippen LogP contribution >= 0.6 is 0 Å². The van der Waals surface area contributed by atoms with E-state index in [0.29, 0.717) is 6.54 Å². The molecule has 1 saturated heterocycles. The molecule has 1 rings (SSSR count). The van der Waals surface area contributed by atoms with Crippen molar-refractivity contribution in [3.05, 3.63) is 12.7 Å². The lowest BCUT2D eigenvalue weighted by Gasteiger charge is -2.26. The number of nitrogens with one attached hydrogen (secondary N) is 1. The Labute approximate surface area is 110 Å². The molecule has 1 fully saturated rings. The van der Waals surface area contributed by atoms with Gasteiger partial charge in [0.15, 0.2) is 0 Å². The molecule has 18 heavy (non-hydrogen) atoms. The maximum absolute atomic E-state index is 10.9. The van der Waals surface area contributed by atoms with E-state index in [2.05, 4.69) is 16.8 Å². The molecule has 0 radical (unpaired) electrons. The monoisotopic (exact) mass is 254 g/mol. The van der Waals surface area contributed by atoms with Crippen LogP contribution in [0.4, 0.5) is 0 Å². The van der Waals surface area contributed by atoms with Gasteiger partial charge in [-0.25, -0.2) is 0 Å². The number of hydrogen-bond donors (Lipinski definition) is 1. The summed E-state index contributed by atoms with van der Waals surface area (Å²) in [7, 11) is 0. The van der Waals surface area contributed by atoms with Crippen molar-refractivity contribution in [1.29, 1.82) is 0 Å². The van der Waals surface area contributed by atoms with E-state index in [-0.39, 0.29) is 5.91 Å². The Morgan fingerprint density at radius 2 is 2.00 bits per heavy atom. The van der Waals surface area contributed by atoms with E-state index >= 15 is 0 Å². The van der Waals surface area contributed by atoms with Gasteiger partial charge >= 0.3 is 0 Å². The van der Waals surface area contributed by atoms with Crippen molar-refractivity contribution in [2.45, 2.75) is 32.1 Å². The molecule has 1 aliphatic rings. The maximum atomic E-state index is 10.9. The summed E-state index contributed by atoms with van der Waals surface area (Å²) in [6.07, 6.45) is 7.32. The Balaban J connectivity index is 1.80. The summed E-state index contributed by atoms with van der Waals surface area (Å²) in [6.45, 7) is 9.26. The summed E-state index contributed by atoms with van der Waals surface area (Å²) in [5, 5.41) is 2.75. The molecule has 1 N–H and O–H groups in total. The predicted molar refractivity (Wildman–Crippen MR) is 73.6 cm³/mol. The number of likely N-dealkylation sites (tertiary alicyclic amines) is 1. The van der Waals surface area contributed by atoms with Crippen LogP contribution in [0, 0.1) is 0 Å². The molecule has 4 nitrogen and oxygen atoms in total. The number of hydrogen-bond acceptors (Lipinski definition) is 3. The summed E-state index contributed by atoms with van der Waals surface area (Å²) >= 11 is 0. The molecule has 0 aromatic carbocycles. The summed E-state index contributed by atoms with van der Waals surface area (Å²) in [5.74, 6) is -0.0963. The third-order valence-corrected chi connectivity index (χ3v) is 3.20. The Morgan fingerprint density at radius 3 is 2.72 bits per heavy atom. The van der Waals surface area contributed by atoms with E-state index < -0.39 is 0 Å². The van der Waals surface area contributed by atoms with Gasteiger partial charge in [0.2, 0.25) is 5.91 Å². The molecule has 0 aromatic heterocycles.